The molecule has 0 saturated carbocycles. The first-order valence-electron chi connectivity index (χ1n) is 5.95. The van der Waals surface area contributed by atoms with Crippen molar-refractivity contribution in [2.75, 3.05) is 14.1 Å². The number of likely N-dealkylation sites (N-methyl/N-ethyl adjacent to an activating group) is 1. The molecule has 0 spiro atoms. The standard InChI is InChI=1S/C12H22N4O/c1-6-16-8-11(7-13-16)9(2)14-10(3)12(17)15(4)5/h7-10,14H,6H2,1-5H3. The number of amides is 1. The summed E-state index contributed by atoms with van der Waals surface area (Å²) in [7, 11) is 3.53. The van der Waals surface area contributed by atoms with Gasteiger partial charge in [0, 0.05) is 38.4 Å². The molecule has 17 heavy (non-hydrogen) atoms. The van der Waals surface area contributed by atoms with Crippen molar-refractivity contribution in [2.24, 2.45) is 0 Å². The third-order valence-corrected chi connectivity index (χ3v) is 2.79. The van der Waals surface area contributed by atoms with Crippen LogP contribution in [0.25, 0.3) is 0 Å². The molecule has 0 aliphatic carbocycles. The Bertz CT molecular complexity index is 372. The highest BCUT2D eigenvalue weighted by atomic mass is 16.2. The molecule has 5 heteroatoms. The van der Waals surface area contributed by atoms with Gasteiger partial charge >= 0.3 is 0 Å². The van der Waals surface area contributed by atoms with Gasteiger partial charge in [0.05, 0.1) is 12.2 Å². The second-order valence-corrected chi connectivity index (χ2v) is 4.47. The molecule has 1 heterocycles. The summed E-state index contributed by atoms with van der Waals surface area (Å²) in [6.07, 6.45) is 3.85. The summed E-state index contributed by atoms with van der Waals surface area (Å²) in [6, 6.07) is -0.0702. The number of hydrogen-bond acceptors (Lipinski definition) is 3. The van der Waals surface area contributed by atoms with Gasteiger partial charge in [0.1, 0.15) is 0 Å². The Balaban J connectivity index is 2.59. The molecule has 5 nitrogen and oxygen atoms in total. The molecule has 1 amide bonds. The summed E-state index contributed by atoms with van der Waals surface area (Å²) in [5, 5.41) is 7.49. The Morgan fingerprint density at radius 3 is 2.65 bits per heavy atom. The molecule has 2 unspecified atom stereocenters. The van der Waals surface area contributed by atoms with E-state index in [0.717, 1.165) is 12.1 Å². The maximum atomic E-state index is 11.7. The first kappa shape index (κ1) is 13.7. The molecule has 0 radical (unpaired) electrons. The second kappa shape index (κ2) is 5.82. The van der Waals surface area contributed by atoms with Crippen LogP contribution in [0.3, 0.4) is 0 Å². The highest BCUT2D eigenvalue weighted by Crippen LogP contribution is 2.12. The summed E-state index contributed by atoms with van der Waals surface area (Å²) in [4.78, 5) is 13.3. The van der Waals surface area contributed by atoms with Crippen molar-refractivity contribution in [1.82, 2.24) is 20.0 Å². The predicted molar refractivity (Wildman–Crippen MR) is 67.6 cm³/mol. The van der Waals surface area contributed by atoms with Crippen molar-refractivity contribution in [3.05, 3.63) is 18.0 Å². The van der Waals surface area contributed by atoms with Crippen LogP contribution in [0.4, 0.5) is 0 Å². The van der Waals surface area contributed by atoms with E-state index in [1.165, 1.54) is 0 Å². The highest BCUT2D eigenvalue weighted by Gasteiger charge is 2.18. The quantitative estimate of drug-likeness (QED) is 0.833. The molecule has 0 fully saturated rings. The van der Waals surface area contributed by atoms with Gasteiger partial charge in [-0.05, 0) is 20.8 Å². The van der Waals surface area contributed by atoms with E-state index >= 15 is 0 Å². The van der Waals surface area contributed by atoms with Crippen LogP contribution in [0.2, 0.25) is 0 Å². The van der Waals surface area contributed by atoms with Crippen molar-refractivity contribution < 1.29 is 4.79 Å². The number of aromatic nitrogens is 2. The van der Waals surface area contributed by atoms with Crippen LogP contribution < -0.4 is 5.32 Å². The molecule has 2 atom stereocenters. The highest BCUT2D eigenvalue weighted by molar-refractivity contribution is 5.80. The Hall–Kier alpha value is -1.36. The van der Waals surface area contributed by atoms with Crippen LogP contribution in [-0.2, 0) is 11.3 Å². The Morgan fingerprint density at radius 2 is 2.18 bits per heavy atom. The monoisotopic (exact) mass is 238 g/mol. The minimum atomic E-state index is -0.190. The van der Waals surface area contributed by atoms with Crippen molar-refractivity contribution in [1.29, 1.82) is 0 Å². The summed E-state index contributed by atoms with van der Waals surface area (Å²) < 4.78 is 1.88. The minimum Gasteiger partial charge on any atom is -0.347 e. The number of nitrogens with zero attached hydrogens (tertiary/aromatic N) is 3. The fraction of sp³-hybridized carbons (Fsp3) is 0.667. The third-order valence-electron chi connectivity index (χ3n) is 2.79. The molecule has 0 aliphatic heterocycles. The van der Waals surface area contributed by atoms with E-state index in [0.29, 0.717) is 0 Å². The van der Waals surface area contributed by atoms with Crippen LogP contribution in [0, 0.1) is 0 Å². The van der Waals surface area contributed by atoms with Gasteiger partial charge < -0.3 is 4.90 Å². The number of nitrogens with one attached hydrogen (secondary N) is 1. The normalized spacial score (nSPS) is 14.4. The third kappa shape index (κ3) is 3.56. The lowest BCUT2D eigenvalue weighted by Gasteiger charge is -2.21. The van der Waals surface area contributed by atoms with E-state index in [4.69, 9.17) is 0 Å². The van der Waals surface area contributed by atoms with Crippen molar-refractivity contribution >= 4 is 5.91 Å². The largest absolute Gasteiger partial charge is 0.347 e. The smallest absolute Gasteiger partial charge is 0.238 e. The molecule has 0 aromatic carbocycles. The van der Waals surface area contributed by atoms with E-state index in [1.54, 1.807) is 19.0 Å². The zero-order valence-electron chi connectivity index (χ0n) is 11.3. The van der Waals surface area contributed by atoms with Crippen LogP contribution in [0.5, 0.6) is 0 Å². The lowest BCUT2D eigenvalue weighted by atomic mass is 10.1. The summed E-state index contributed by atoms with van der Waals surface area (Å²) >= 11 is 0. The maximum absolute atomic E-state index is 11.7. The molecular weight excluding hydrogens is 216 g/mol. The number of rotatable bonds is 5. The summed E-state index contributed by atoms with van der Waals surface area (Å²) in [5.41, 5.74) is 1.10. The van der Waals surface area contributed by atoms with Crippen molar-refractivity contribution in [2.45, 2.75) is 39.4 Å². The Labute approximate surface area is 103 Å². The average molecular weight is 238 g/mol. The molecular formula is C12H22N4O. The average Bonchev–Trinajstić information content (AvgIpc) is 2.76. The molecule has 1 aromatic rings. The van der Waals surface area contributed by atoms with Crippen LogP contribution in [0.15, 0.2) is 12.4 Å². The maximum Gasteiger partial charge on any atom is 0.238 e. The van der Waals surface area contributed by atoms with Gasteiger partial charge in [0.25, 0.3) is 0 Å². The van der Waals surface area contributed by atoms with E-state index < -0.39 is 0 Å². The predicted octanol–water partition coefficient (Wildman–Crippen LogP) is 1.03. The minimum absolute atomic E-state index is 0.0831. The molecule has 0 bridgehead atoms. The van der Waals surface area contributed by atoms with E-state index in [9.17, 15) is 4.79 Å². The number of aryl methyl sites for hydroxylation is 1. The lowest BCUT2D eigenvalue weighted by Crippen LogP contribution is -2.42. The molecule has 0 aliphatic rings. The first-order valence-corrected chi connectivity index (χ1v) is 5.95. The fourth-order valence-electron chi connectivity index (χ4n) is 1.71. The van der Waals surface area contributed by atoms with E-state index in [1.807, 2.05) is 37.8 Å². The van der Waals surface area contributed by atoms with Crippen molar-refractivity contribution in [3.63, 3.8) is 0 Å². The Morgan fingerprint density at radius 1 is 1.53 bits per heavy atom. The second-order valence-electron chi connectivity index (χ2n) is 4.47. The topological polar surface area (TPSA) is 50.2 Å². The summed E-state index contributed by atoms with van der Waals surface area (Å²) in [5.74, 6) is 0.0831. The summed E-state index contributed by atoms with van der Waals surface area (Å²) in [6.45, 7) is 6.82. The van der Waals surface area contributed by atoms with Crippen LogP contribution in [0.1, 0.15) is 32.4 Å². The van der Waals surface area contributed by atoms with Gasteiger partial charge in [-0.1, -0.05) is 0 Å². The van der Waals surface area contributed by atoms with Crippen LogP contribution in [-0.4, -0.2) is 40.7 Å². The Kier molecular flexibility index (Phi) is 4.69. The molecule has 1 rings (SSSR count). The van der Waals surface area contributed by atoms with E-state index in [-0.39, 0.29) is 18.0 Å². The molecule has 0 saturated heterocycles. The zero-order chi connectivity index (χ0) is 13.0. The van der Waals surface area contributed by atoms with Gasteiger partial charge in [-0.15, -0.1) is 0 Å². The van der Waals surface area contributed by atoms with Crippen LogP contribution >= 0.6 is 0 Å². The van der Waals surface area contributed by atoms with Gasteiger partial charge in [-0.2, -0.15) is 5.10 Å². The molecule has 1 N–H and O–H groups in total. The molecule has 96 valence electrons. The molecule has 1 aromatic heterocycles. The lowest BCUT2D eigenvalue weighted by molar-refractivity contribution is -0.130. The number of hydrogen-bond donors (Lipinski definition) is 1. The SMILES string of the molecule is CCn1cc(C(C)NC(C)C(=O)N(C)C)cn1. The first-order chi connectivity index (χ1) is 7.95. The van der Waals surface area contributed by atoms with Crippen molar-refractivity contribution in [3.8, 4) is 0 Å². The van der Waals surface area contributed by atoms with Gasteiger partial charge in [0.15, 0.2) is 0 Å². The zero-order valence-corrected chi connectivity index (χ0v) is 11.3. The van der Waals surface area contributed by atoms with Gasteiger partial charge in [-0.25, -0.2) is 0 Å². The van der Waals surface area contributed by atoms with Gasteiger partial charge in [-0.3, -0.25) is 14.8 Å². The fourth-order valence-corrected chi connectivity index (χ4v) is 1.71. The number of carbonyl (C=O) groups is 1. The number of carbonyl (C=O) groups excluding carboxylic acids is 1. The van der Waals surface area contributed by atoms with Gasteiger partial charge in [0.2, 0.25) is 5.91 Å². The van der Waals surface area contributed by atoms with E-state index in [2.05, 4.69) is 10.4 Å².